The minimum Gasteiger partial charge on any atom is -0.463 e. The van der Waals surface area contributed by atoms with Crippen LogP contribution in [0.3, 0.4) is 0 Å². The van der Waals surface area contributed by atoms with Gasteiger partial charge >= 0.3 is 6.01 Å². The van der Waals surface area contributed by atoms with Gasteiger partial charge in [-0.15, -0.1) is 0 Å². The summed E-state index contributed by atoms with van der Waals surface area (Å²) in [5, 5.41) is 18.1. The fraction of sp³-hybridized carbons (Fsp3) is 0.600. The summed E-state index contributed by atoms with van der Waals surface area (Å²) in [4.78, 5) is 7.96. The molecule has 2 N–H and O–H groups in total. The summed E-state index contributed by atoms with van der Waals surface area (Å²) in [5.74, 6) is 0. The van der Waals surface area contributed by atoms with E-state index in [2.05, 4.69) is 9.97 Å². The van der Waals surface area contributed by atoms with Gasteiger partial charge in [0.15, 0.2) is 0 Å². The first-order valence-corrected chi connectivity index (χ1v) is 4.74. The van der Waals surface area contributed by atoms with Crippen LogP contribution in [0.25, 0.3) is 0 Å². The molecule has 15 heavy (non-hydrogen) atoms. The van der Waals surface area contributed by atoms with Crippen molar-refractivity contribution in [2.45, 2.75) is 13.8 Å². The van der Waals surface area contributed by atoms with Gasteiger partial charge in [0.2, 0.25) is 0 Å². The molecule has 0 bridgehead atoms. The average Bonchev–Trinajstić information content (AvgIpc) is 2.26. The van der Waals surface area contributed by atoms with Gasteiger partial charge in [-0.25, -0.2) is 9.97 Å². The number of rotatable bonds is 5. The molecule has 0 saturated carbocycles. The van der Waals surface area contributed by atoms with Crippen LogP contribution in [0.2, 0.25) is 0 Å². The molecule has 0 saturated heterocycles. The van der Waals surface area contributed by atoms with Crippen LogP contribution in [0.4, 0.5) is 0 Å². The van der Waals surface area contributed by atoms with Crippen molar-refractivity contribution in [1.29, 1.82) is 0 Å². The van der Waals surface area contributed by atoms with Gasteiger partial charge in [-0.05, 0) is 13.0 Å². The van der Waals surface area contributed by atoms with Gasteiger partial charge in [0, 0.05) is 17.3 Å². The molecule has 0 unspecified atom stereocenters. The van der Waals surface area contributed by atoms with E-state index in [4.69, 9.17) is 14.9 Å². The summed E-state index contributed by atoms with van der Waals surface area (Å²) in [5.41, 5.74) is 0.155. The molecule has 0 aliphatic carbocycles. The van der Waals surface area contributed by atoms with E-state index in [1.165, 1.54) is 0 Å². The van der Waals surface area contributed by atoms with Crippen LogP contribution in [0.1, 0.15) is 12.6 Å². The van der Waals surface area contributed by atoms with Gasteiger partial charge in [0.05, 0.1) is 13.2 Å². The second kappa shape index (κ2) is 5.04. The first-order chi connectivity index (χ1) is 7.09. The van der Waals surface area contributed by atoms with Gasteiger partial charge in [0.25, 0.3) is 0 Å². The lowest BCUT2D eigenvalue weighted by Gasteiger charge is -2.23. The number of aliphatic hydroxyl groups excluding tert-OH is 2. The molecule has 0 radical (unpaired) electrons. The van der Waals surface area contributed by atoms with Crippen molar-refractivity contribution in [2.75, 3.05) is 19.8 Å². The Bertz CT molecular complexity index is 313. The summed E-state index contributed by atoms with van der Waals surface area (Å²) in [6.45, 7) is 3.46. The Morgan fingerprint density at radius 3 is 2.60 bits per heavy atom. The smallest absolute Gasteiger partial charge is 0.316 e. The first kappa shape index (κ1) is 11.9. The monoisotopic (exact) mass is 212 g/mol. The number of ether oxygens (including phenoxy) is 1. The quantitative estimate of drug-likeness (QED) is 0.727. The zero-order chi connectivity index (χ0) is 11.3. The molecule has 5 nitrogen and oxygen atoms in total. The third kappa shape index (κ3) is 3.45. The average molecular weight is 212 g/mol. The topological polar surface area (TPSA) is 75.5 Å². The maximum atomic E-state index is 9.04. The van der Waals surface area contributed by atoms with Crippen molar-refractivity contribution < 1.29 is 14.9 Å². The lowest BCUT2D eigenvalue weighted by Crippen LogP contribution is -2.33. The molecule has 5 heteroatoms. The molecule has 0 aliphatic rings. The van der Waals surface area contributed by atoms with Crippen LogP contribution < -0.4 is 4.74 Å². The maximum absolute atomic E-state index is 9.04. The minimum absolute atomic E-state index is 0.144. The normalized spacial score (nSPS) is 11.5. The van der Waals surface area contributed by atoms with Gasteiger partial charge in [-0.1, -0.05) is 6.92 Å². The van der Waals surface area contributed by atoms with E-state index < -0.39 is 5.41 Å². The van der Waals surface area contributed by atoms with E-state index in [9.17, 15) is 0 Å². The molecule has 0 atom stereocenters. The molecule has 0 spiro atoms. The highest BCUT2D eigenvalue weighted by atomic mass is 16.5. The van der Waals surface area contributed by atoms with Crippen LogP contribution in [0.5, 0.6) is 6.01 Å². The number of hydrogen-bond acceptors (Lipinski definition) is 5. The SMILES string of the molecule is Cc1ccnc(OCC(C)(CO)CO)n1. The molecule has 84 valence electrons. The highest BCUT2D eigenvalue weighted by Crippen LogP contribution is 2.15. The van der Waals surface area contributed by atoms with E-state index in [1.54, 1.807) is 19.2 Å². The fourth-order valence-corrected chi connectivity index (χ4v) is 0.876. The molecular weight excluding hydrogens is 196 g/mol. The molecular formula is C10H16N2O3. The van der Waals surface area contributed by atoms with E-state index in [0.717, 1.165) is 5.69 Å². The predicted octanol–water partition coefficient (Wildman–Crippen LogP) is 0.155. The Balaban J connectivity index is 2.56. The Morgan fingerprint density at radius 2 is 2.07 bits per heavy atom. The lowest BCUT2D eigenvalue weighted by molar-refractivity contribution is 0.0257. The zero-order valence-corrected chi connectivity index (χ0v) is 8.97. The van der Waals surface area contributed by atoms with E-state index in [0.29, 0.717) is 0 Å². The predicted molar refractivity (Wildman–Crippen MR) is 54.5 cm³/mol. The van der Waals surface area contributed by atoms with Crippen LogP contribution in [0, 0.1) is 12.3 Å². The van der Waals surface area contributed by atoms with Gasteiger partial charge < -0.3 is 14.9 Å². The van der Waals surface area contributed by atoms with Gasteiger partial charge in [-0.3, -0.25) is 0 Å². The molecule has 1 aromatic rings. The van der Waals surface area contributed by atoms with E-state index >= 15 is 0 Å². The third-order valence-electron chi connectivity index (χ3n) is 2.09. The Morgan fingerprint density at radius 1 is 1.40 bits per heavy atom. The highest BCUT2D eigenvalue weighted by molar-refractivity contribution is 5.03. The minimum atomic E-state index is -0.660. The fourth-order valence-electron chi connectivity index (χ4n) is 0.876. The molecule has 1 heterocycles. The second-order valence-electron chi connectivity index (χ2n) is 3.90. The number of hydrogen-bond donors (Lipinski definition) is 2. The van der Waals surface area contributed by atoms with Gasteiger partial charge in [-0.2, -0.15) is 0 Å². The number of nitrogens with zero attached hydrogens (tertiary/aromatic N) is 2. The van der Waals surface area contributed by atoms with Crippen molar-refractivity contribution in [3.05, 3.63) is 18.0 Å². The molecule has 1 rings (SSSR count). The van der Waals surface area contributed by atoms with E-state index in [1.807, 2.05) is 6.92 Å². The van der Waals surface area contributed by atoms with Crippen molar-refractivity contribution in [2.24, 2.45) is 5.41 Å². The van der Waals surface area contributed by atoms with E-state index in [-0.39, 0.29) is 25.8 Å². The van der Waals surface area contributed by atoms with Gasteiger partial charge in [0.1, 0.15) is 6.61 Å². The summed E-state index contributed by atoms with van der Waals surface area (Å²) in [7, 11) is 0. The Hall–Kier alpha value is -1.20. The van der Waals surface area contributed by atoms with Crippen LogP contribution in [0.15, 0.2) is 12.3 Å². The molecule has 0 aliphatic heterocycles. The standard InChI is InChI=1S/C10H16N2O3/c1-8-3-4-11-9(12-8)15-7-10(2,5-13)6-14/h3-4,13-14H,5-7H2,1-2H3. The Labute approximate surface area is 88.8 Å². The second-order valence-corrected chi connectivity index (χ2v) is 3.90. The van der Waals surface area contributed by atoms with Crippen molar-refractivity contribution in [3.8, 4) is 6.01 Å². The van der Waals surface area contributed by atoms with Crippen LogP contribution >= 0.6 is 0 Å². The largest absolute Gasteiger partial charge is 0.463 e. The summed E-state index contributed by atoms with van der Waals surface area (Å²) in [6.07, 6.45) is 1.60. The molecule has 1 aromatic heterocycles. The zero-order valence-electron chi connectivity index (χ0n) is 8.97. The van der Waals surface area contributed by atoms with Crippen molar-refractivity contribution >= 4 is 0 Å². The first-order valence-electron chi connectivity index (χ1n) is 4.74. The number of aromatic nitrogens is 2. The summed E-state index contributed by atoms with van der Waals surface area (Å²) in [6, 6.07) is 2.03. The highest BCUT2D eigenvalue weighted by Gasteiger charge is 2.23. The lowest BCUT2D eigenvalue weighted by atomic mass is 9.95. The third-order valence-corrected chi connectivity index (χ3v) is 2.09. The molecule has 0 fully saturated rings. The summed E-state index contributed by atoms with van der Waals surface area (Å²) < 4.78 is 5.29. The Kier molecular flexibility index (Phi) is 3.99. The van der Waals surface area contributed by atoms with Crippen LogP contribution in [-0.4, -0.2) is 40.0 Å². The molecule has 0 amide bonds. The van der Waals surface area contributed by atoms with Crippen molar-refractivity contribution in [3.63, 3.8) is 0 Å². The van der Waals surface area contributed by atoms with Crippen LogP contribution in [-0.2, 0) is 0 Å². The maximum Gasteiger partial charge on any atom is 0.316 e. The number of aryl methyl sites for hydroxylation is 1. The molecule has 0 aromatic carbocycles. The van der Waals surface area contributed by atoms with Crippen molar-refractivity contribution in [1.82, 2.24) is 9.97 Å². The summed E-state index contributed by atoms with van der Waals surface area (Å²) >= 11 is 0. The number of aliphatic hydroxyl groups is 2.